The third-order valence-corrected chi connectivity index (χ3v) is 2.46. The Labute approximate surface area is 117 Å². The molecule has 0 aliphatic rings. The van der Waals surface area contributed by atoms with Crippen molar-refractivity contribution in [2.24, 2.45) is 0 Å². The predicted octanol–water partition coefficient (Wildman–Crippen LogP) is 1.01. The van der Waals surface area contributed by atoms with E-state index in [9.17, 15) is 9.59 Å². The summed E-state index contributed by atoms with van der Waals surface area (Å²) in [6.45, 7) is -0.311. The van der Waals surface area contributed by atoms with Crippen LogP contribution >= 0.6 is 0 Å². The van der Waals surface area contributed by atoms with Gasteiger partial charge in [-0.3, -0.25) is 4.79 Å². The Balaban J connectivity index is 2.73. The van der Waals surface area contributed by atoms with Gasteiger partial charge in [-0.2, -0.15) is 0 Å². The second kappa shape index (κ2) is 7.83. The number of benzene rings is 1. The molecule has 6 nitrogen and oxygen atoms in total. The number of ether oxygens (including phenoxy) is 3. The number of likely N-dealkylation sites (N-methyl/N-ethyl adjacent to an activating group) is 1. The number of esters is 1. The molecule has 0 spiro atoms. The zero-order valence-corrected chi connectivity index (χ0v) is 11.6. The van der Waals surface area contributed by atoms with E-state index in [1.54, 1.807) is 25.3 Å². The minimum atomic E-state index is -0.613. The Morgan fingerprint density at radius 2 is 2.00 bits per heavy atom. The maximum atomic E-state index is 11.4. The second-order valence-electron chi connectivity index (χ2n) is 3.72. The fourth-order valence-corrected chi connectivity index (χ4v) is 1.38. The Morgan fingerprint density at radius 1 is 1.25 bits per heavy atom. The predicted molar refractivity (Wildman–Crippen MR) is 73.6 cm³/mol. The molecule has 1 amide bonds. The van der Waals surface area contributed by atoms with Crippen molar-refractivity contribution in [3.8, 4) is 11.5 Å². The molecule has 0 saturated heterocycles. The number of methoxy groups -OCH3 is 2. The first kappa shape index (κ1) is 15.6. The van der Waals surface area contributed by atoms with E-state index in [-0.39, 0.29) is 12.5 Å². The summed E-state index contributed by atoms with van der Waals surface area (Å²) < 4.78 is 15.0. The van der Waals surface area contributed by atoms with Crippen LogP contribution in [0, 0.1) is 0 Å². The molecule has 0 heterocycles. The molecule has 0 fully saturated rings. The first-order valence-electron chi connectivity index (χ1n) is 5.88. The number of rotatable bonds is 6. The van der Waals surface area contributed by atoms with Gasteiger partial charge in [0, 0.05) is 18.7 Å². The summed E-state index contributed by atoms with van der Waals surface area (Å²) >= 11 is 0. The lowest BCUT2D eigenvalue weighted by atomic mass is 10.1. The molecule has 1 rings (SSSR count). The highest BCUT2D eigenvalue weighted by Crippen LogP contribution is 2.24. The standard InChI is InChI=1S/C14H17NO5/c1-15-13(16)9-20-14(17)7-4-10-8-11(18-2)5-6-12(10)19-3/h4-8H,9H2,1-3H3,(H,15,16)/b7-4+. The molecule has 0 unspecified atom stereocenters. The second-order valence-corrected chi connectivity index (χ2v) is 3.72. The third kappa shape index (κ3) is 4.64. The van der Waals surface area contributed by atoms with Crippen molar-refractivity contribution in [1.82, 2.24) is 5.32 Å². The maximum absolute atomic E-state index is 11.4. The minimum Gasteiger partial charge on any atom is -0.497 e. The third-order valence-electron chi connectivity index (χ3n) is 2.46. The summed E-state index contributed by atoms with van der Waals surface area (Å²) in [5.41, 5.74) is 0.670. The minimum absolute atomic E-state index is 0.311. The van der Waals surface area contributed by atoms with Crippen LogP contribution in [-0.4, -0.2) is 39.8 Å². The first-order chi connectivity index (χ1) is 9.60. The summed E-state index contributed by atoms with van der Waals surface area (Å²) in [5, 5.41) is 2.35. The molecule has 108 valence electrons. The van der Waals surface area contributed by atoms with Crippen LogP contribution in [-0.2, 0) is 14.3 Å². The molecule has 0 bridgehead atoms. The first-order valence-corrected chi connectivity index (χ1v) is 5.88. The number of hydrogen-bond acceptors (Lipinski definition) is 5. The molecular weight excluding hydrogens is 262 g/mol. The molecule has 1 aromatic carbocycles. The van der Waals surface area contributed by atoms with Crippen LogP contribution in [0.5, 0.6) is 11.5 Å². The van der Waals surface area contributed by atoms with E-state index in [0.717, 1.165) is 0 Å². The van der Waals surface area contributed by atoms with Gasteiger partial charge in [0.1, 0.15) is 11.5 Å². The van der Waals surface area contributed by atoms with Gasteiger partial charge in [0.2, 0.25) is 0 Å². The van der Waals surface area contributed by atoms with Gasteiger partial charge in [0.15, 0.2) is 6.61 Å². The quantitative estimate of drug-likeness (QED) is 0.621. The van der Waals surface area contributed by atoms with Crippen LogP contribution in [0.15, 0.2) is 24.3 Å². The van der Waals surface area contributed by atoms with Crippen molar-refractivity contribution in [2.45, 2.75) is 0 Å². The highest BCUT2D eigenvalue weighted by molar-refractivity contribution is 5.89. The van der Waals surface area contributed by atoms with Crippen molar-refractivity contribution >= 4 is 18.0 Å². The number of hydrogen-bond donors (Lipinski definition) is 1. The SMILES string of the molecule is CNC(=O)COC(=O)/C=C/c1cc(OC)ccc1OC. The maximum Gasteiger partial charge on any atom is 0.331 e. The van der Waals surface area contributed by atoms with E-state index in [2.05, 4.69) is 5.32 Å². The molecule has 0 aliphatic heterocycles. The molecule has 0 saturated carbocycles. The Morgan fingerprint density at radius 3 is 2.60 bits per heavy atom. The normalized spacial score (nSPS) is 10.2. The van der Waals surface area contributed by atoms with Crippen molar-refractivity contribution in [3.63, 3.8) is 0 Å². The van der Waals surface area contributed by atoms with E-state index in [1.165, 1.54) is 26.3 Å². The molecule has 1 N–H and O–H groups in total. The Hall–Kier alpha value is -2.50. The van der Waals surface area contributed by atoms with E-state index in [4.69, 9.17) is 14.2 Å². The summed E-state index contributed by atoms with van der Waals surface area (Å²) in [6, 6.07) is 5.20. The Bertz CT molecular complexity index is 510. The van der Waals surface area contributed by atoms with Gasteiger partial charge in [-0.05, 0) is 24.3 Å². The molecule has 0 aliphatic carbocycles. The monoisotopic (exact) mass is 279 g/mol. The summed E-state index contributed by atoms with van der Waals surface area (Å²) in [5.74, 6) is 0.259. The lowest BCUT2D eigenvalue weighted by Crippen LogP contribution is -2.24. The molecule has 0 aromatic heterocycles. The fraction of sp³-hybridized carbons (Fsp3) is 0.286. The summed E-state index contributed by atoms with van der Waals surface area (Å²) in [6.07, 6.45) is 2.76. The van der Waals surface area contributed by atoms with Crippen LogP contribution in [0.4, 0.5) is 0 Å². The average molecular weight is 279 g/mol. The van der Waals surface area contributed by atoms with E-state index < -0.39 is 5.97 Å². The average Bonchev–Trinajstić information content (AvgIpc) is 2.49. The summed E-state index contributed by atoms with van der Waals surface area (Å²) in [4.78, 5) is 22.4. The van der Waals surface area contributed by atoms with Crippen LogP contribution in [0.2, 0.25) is 0 Å². The fourth-order valence-electron chi connectivity index (χ4n) is 1.38. The largest absolute Gasteiger partial charge is 0.497 e. The lowest BCUT2D eigenvalue weighted by molar-refractivity contribution is -0.143. The van der Waals surface area contributed by atoms with E-state index in [0.29, 0.717) is 17.1 Å². The number of carbonyl (C=O) groups excluding carboxylic acids is 2. The molecular formula is C14H17NO5. The molecule has 0 atom stereocenters. The molecule has 6 heteroatoms. The summed E-state index contributed by atoms with van der Waals surface area (Å²) in [7, 11) is 4.54. The Kier molecular flexibility index (Phi) is 6.09. The van der Waals surface area contributed by atoms with Crippen LogP contribution in [0.25, 0.3) is 6.08 Å². The van der Waals surface area contributed by atoms with Crippen LogP contribution < -0.4 is 14.8 Å². The van der Waals surface area contributed by atoms with Crippen LogP contribution in [0.1, 0.15) is 5.56 Å². The van der Waals surface area contributed by atoms with Gasteiger partial charge < -0.3 is 19.5 Å². The lowest BCUT2D eigenvalue weighted by Gasteiger charge is -2.07. The zero-order valence-electron chi connectivity index (χ0n) is 11.6. The van der Waals surface area contributed by atoms with Gasteiger partial charge in [-0.25, -0.2) is 4.79 Å². The van der Waals surface area contributed by atoms with E-state index in [1.807, 2.05) is 0 Å². The molecule has 0 radical (unpaired) electrons. The molecule has 1 aromatic rings. The zero-order chi connectivity index (χ0) is 15.0. The van der Waals surface area contributed by atoms with Gasteiger partial charge >= 0.3 is 5.97 Å². The van der Waals surface area contributed by atoms with Gasteiger partial charge in [0.25, 0.3) is 5.91 Å². The van der Waals surface area contributed by atoms with Crippen molar-refractivity contribution in [3.05, 3.63) is 29.8 Å². The number of nitrogens with one attached hydrogen (secondary N) is 1. The van der Waals surface area contributed by atoms with E-state index >= 15 is 0 Å². The topological polar surface area (TPSA) is 73.9 Å². The number of amides is 1. The highest BCUT2D eigenvalue weighted by Gasteiger charge is 2.05. The van der Waals surface area contributed by atoms with Gasteiger partial charge in [-0.15, -0.1) is 0 Å². The van der Waals surface area contributed by atoms with Crippen molar-refractivity contribution in [1.29, 1.82) is 0 Å². The van der Waals surface area contributed by atoms with Crippen molar-refractivity contribution < 1.29 is 23.8 Å². The van der Waals surface area contributed by atoms with Gasteiger partial charge in [0.05, 0.1) is 14.2 Å². The smallest absolute Gasteiger partial charge is 0.331 e. The number of carbonyl (C=O) groups is 2. The molecule has 20 heavy (non-hydrogen) atoms. The van der Waals surface area contributed by atoms with Crippen molar-refractivity contribution in [2.75, 3.05) is 27.9 Å². The van der Waals surface area contributed by atoms with Gasteiger partial charge in [-0.1, -0.05) is 0 Å². The van der Waals surface area contributed by atoms with Crippen LogP contribution in [0.3, 0.4) is 0 Å². The highest BCUT2D eigenvalue weighted by atomic mass is 16.5.